The maximum atomic E-state index is 14.0. The van der Waals surface area contributed by atoms with Gasteiger partial charge in [0.1, 0.15) is 11.4 Å². The number of ether oxygens (including phenoxy) is 2. The number of rotatable bonds is 12. The van der Waals surface area contributed by atoms with Crippen LogP contribution in [0, 0.1) is 6.92 Å². The monoisotopic (exact) mass is 708 g/mol. The van der Waals surface area contributed by atoms with Crippen LogP contribution >= 0.6 is 24.8 Å². The molecule has 260 valence electrons. The average molecular weight is 710 g/mol. The van der Waals surface area contributed by atoms with E-state index in [4.69, 9.17) is 9.47 Å². The zero-order valence-corrected chi connectivity index (χ0v) is 29.8. The molecule has 4 aromatic rings. The molecule has 2 amide bonds. The third-order valence-corrected chi connectivity index (χ3v) is 8.44. The van der Waals surface area contributed by atoms with Crippen molar-refractivity contribution in [2.24, 2.45) is 4.99 Å². The number of halogens is 2. The van der Waals surface area contributed by atoms with Crippen molar-refractivity contribution < 1.29 is 23.9 Å². The fourth-order valence-corrected chi connectivity index (χ4v) is 5.78. The highest BCUT2D eigenvalue weighted by Crippen LogP contribution is 2.43. The van der Waals surface area contributed by atoms with Gasteiger partial charge >= 0.3 is 0 Å². The molecule has 0 saturated carbocycles. The maximum Gasteiger partial charge on any atom is 0.260 e. The average Bonchev–Trinajstić information content (AvgIpc) is 3.09. The second-order valence-electron chi connectivity index (χ2n) is 11.7. The number of carbonyl (C=O) groups is 2. The molecule has 0 spiro atoms. The minimum absolute atomic E-state index is 0. The molecular formula is C36H42Cl2N6O5. The van der Waals surface area contributed by atoms with Crippen molar-refractivity contribution in [1.29, 1.82) is 0 Å². The fourth-order valence-electron chi connectivity index (χ4n) is 5.78. The summed E-state index contributed by atoms with van der Waals surface area (Å²) < 4.78 is 11.9. The van der Waals surface area contributed by atoms with Crippen LogP contribution in [0.25, 0.3) is 22.2 Å². The Morgan fingerprint density at radius 3 is 2.45 bits per heavy atom. The Kier molecular flexibility index (Phi) is 14.5. The van der Waals surface area contributed by atoms with Gasteiger partial charge in [-0.2, -0.15) is 4.99 Å². The van der Waals surface area contributed by atoms with Crippen LogP contribution in [0.5, 0.6) is 11.5 Å². The van der Waals surface area contributed by atoms with E-state index >= 15 is 0 Å². The standard InChI is InChI=1S/C36H40N6O5.2ClH/c1-25-12-15-30(31(23-25)47-22-7-5-6-11-32(44)42-20-18-40(2)19-21-42)41(3)36(45)28-14-13-27(35(46-4)34(28)39-24-43)26-9-8-10-29-33(26)38-17-16-37-29;;/h8-10,12-17,23H,5-7,11,18-22H2,1-4H3;2*1H. The van der Waals surface area contributed by atoms with Crippen LogP contribution < -0.4 is 14.4 Å². The third-order valence-electron chi connectivity index (χ3n) is 8.44. The molecule has 1 aliphatic heterocycles. The van der Waals surface area contributed by atoms with E-state index in [9.17, 15) is 14.4 Å². The molecule has 1 saturated heterocycles. The van der Waals surface area contributed by atoms with Crippen LogP contribution in [0.3, 0.4) is 0 Å². The lowest BCUT2D eigenvalue weighted by atomic mass is 9.98. The lowest BCUT2D eigenvalue weighted by molar-refractivity contribution is -0.132. The molecule has 5 rings (SSSR count). The summed E-state index contributed by atoms with van der Waals surface area (Å²) in [4.78, 5) is 56.6. The van der Waals surface area contributed by atoms with Crippen LogP contribution in [0.15, 0.2) is 65.9 Å². The summed E-state index contributed by atoms with van der Waals surface area (Å²) in [5.74, 6) is 0.622. The smallest absolute Gasteiger partial charge is 0.260 e. The van der Waals surface area contributed by atoms with Crippen molar-refractivity contribution in [2.75, 3.05) is 58.9 Å². The van der Waals surface area contributed by atoms with E-state index in [2.05, 4.69) is 26.9 Å². The maximum absolute atomic E-state index is 14.0. The molecule has 13 heteroatoms. The Labute approximate surface area is 299 Å². The van der Waals surface area contributed by atoms with Crippen molar-refractivity contribution in [3.8, 4) is 22.6 Å². The molecule has 11 nitrogen and oxygen atoms in total. The second kappa shape index (κ2) is 18.3. The van der Waals surface area contributed by atoms with Crippen LogP contribution in [-0.4, -0.2) is 91.7 Å². The van der Waals surface area contributed by atoms with E-state index in [0.717, 1.165) is 56.6 Å². The summed E-state index contributed by atoms with van der Waals surface area (Å²) >= 11 is 0. The number of isocyanates is 1. The van der Waals surface area contributed by atoms with Gasteiger partial charge in [0.2, 0.25) is 12.0 Å². The van der Waals surface area contributed by atoms with Gasteiger partial charge in [0, 0.05) is 63.2 Å². The Bertz CT molecular complexity index is 1800. The lowest BCUT2D eigenvalue weighted by Gasteiger charge is -2.32. The van der Waals surface area contributed by atoms with E-state index in [-0.39, 0.29) is 47.7 Å². The SMILES string of the molecule is COc1c(-c2cccc3nccnc23)ccc(C(=O)N(C)c2ccc(C)cc2OCCCCCC(=O)N2CCN(C)CC2)c1N=C=O.Cl.Cl. The minimum Gasteiger partial charge on any atom is -0.494 e. The van der Waals surface area contributed by atoms with Gasteiger partial charge in [-0.25, -0.2) is 4.79 Å². The summed E-state index contributed by atoms with van der Waals surface area (Å²) in [6.07, 6.45) is 7.78. The quantitative estimate of drug-likeness (QED) is 0.0941. The van der Waals surface area contributed by atoms with Gasteiger partial charge < -0.3 is 24.2 Å². The largest absolute Gasteiger partial charge is 0.494 e. The van der Waals surface area contributed by atoms with Gasteiger partial charge in [0.05, 0.1) is 36.0 Å². The number of aryl methyl sites for hydroxylation is 1. The first-order valence-corrected chi connectivity index (χ1v) is 15.8. The number of hydrogen-bond donors (Lipinski definition) is 0. The molecule has 0 N–H and O–H groups in total. The van der Waals surface area contributed by atoms with Gasteiger partial charge in [-0.05, 0) is 69.1 Å². The number of piperazine rings is 1. The number of anilines is 1. The van der Waals surface area contributed by atoms with E-state index < -0.39 is 5.91 Å². The topological polar surface area (TPSA) is 118 Å². The molecule has 1 fully saturated rings. The predicted octanol–water partition coefficient (Wildman–Crippen LogP) is 6.41. The van der Waals surface area contributed by atoms with E-state index in [1.165, 1.54) is 12.0 Å². The first-order valence-electron chi connectivity index (χ1n) is 15.8. The molecule has 1 aliphatic rings. The zero-order chi connectivity index (χ0) is 33.3. The van der Waals surface area contributed by atoms with Crippen LogP contribution in [0.1, 0.15) is 41.6 Å². The molecule has 0 radical (unpaired) electrons. The van der Waals surface area contributed by atoms with E-state index in [1.54, 1.807) is 37.7 Å². The van der Waals surface area contributed by atoms with Crippen LogP contribution in [-0.2, 0) is 9.59 Å². The Hall–Kier alpha value is -4.54. The number of para-hydroxylation sites is 1. The number of aliphatic imine (C=N–C) groups is 1. The summed E-state index contributed by atoms with van der Waals surface area (Å²) in [7, 11) is 5.19. The Balaban J connectivity index is 0.00000325. The summed E-state index contributed by atoms with van der Waals surface area (Å²) in [6.45, 7) is 5.82. The summed E-state index contributed by atoms with van der Waals surface area (Å²) in [6, 6.07) is 14.6. The fraction of sp³-hybridized carbons (Fsp3) is 0.361. The van der Waals surface area contributed by atoms with Gasteiger partial charge in [-0.1, -0.05) is 18.2 Å². The van der Waals surface area contributed by atoms with Crippen LogP contribution in [0.2, 0.25) is 0 Å². The number of aromatic nitrogens is 2. The first kappa shape index (κ1) is 38.9. The number of amides is 2. The van der Waals surface area contributed by atoms with E-state index in [0.29, 0.717) is 41.1 Å². The van der Waals surface area contributed by atoms with Gasteiger partial charge in [-0.15, -0.1) is 24.8 Å². The molecular weight excluding hydrogens is 667 g/mol. The van der Waals surface area contributed by atoms with Crippen molar-refractivity contribution in [3.05, 3.63) is 72.1 Å². The van der Waals surface area contributed by atoms with Gasteiger partial charge in [0.15, 0.2) is 5.75 Å². The number of methoxy groups -OCH3 is 1. The number of nitrogens with zero attached hydrogens (tertiary/aromatic N) is 6. The minimum atomic E-state index is -0.405. The Morgan fingerprint density at radius 2 is 1.71 bits per heavy atom. The lowest BCUT2D eigenvalue weighted by Crippen LogP contribution is -2.47. The molecule has 2 heterocycles. The number of hydrogen-bond acceptors (Lipinski definition) is 9. The normalized spacial score (nSPS) is 12.7. The second-order valence-corrected chi connectivity index (χ2v) is 11.7. The number of unbranched alkanes of at least 4 members (excludes halogenated alkanes) is 2. The van der Waals surface area contributed by atoms with Crippen molar-refractivity contribution in [3.63, 3.8) is 0 Å². The first-order chi connectivity index (χ1) is 22.8. The highest BCUT2D eigenvalue weighted by Gasteiger charge is 2.25. The summed E-state index contributed by atoms with van der Waals surface area (Å²) in [5.41, 5.74) is 4.46. The molecule has 3 aromatic carbocycles. The molecule has 0 unspecified atom stereocenters. The summed E-state index contributed by atoms with van der Waals surface area (Å²) in [5, 5.41) is 0. The zero-order valence-electron chi connectivity index (χ0n) is 28.2. The van der Waals surface area contributed by atoms with Crippen molar-refractivity contribution in [1.82, 2.24) is 19.8 Å². The van der Waals surface area contributed by atoms with Gasteiger partial charge in [0.25, 0.3) is 5.91 Å². The molecule has 0 bridgehead atoms. The number of likely N-dealkylation sites (N-methyl/N-ethyl adjacent to an activating group) is 1. The molecule has 1 aromatic heterocycles. The highest BCUT2D eigenvalue weighted by molar-refractivity contribution is 6.11. The predicted molar refractivity (Wildman–Crippen MR) is 196 cm³/mol. The van der Waals surface area contributed by atoms with Crippen molar-refractivity contribution in [2.45, 2.75) is 32.6 Å². The van der Waals surface area contributed by atoms with Crippen molar-refractivity contribution >= 4 is 65.1 Å². The molecule has 0 atom stereocenters. The number of benzene rings is 3. The van der Waals surface area contributed by atoms with Gasteiger partial charge in [-0.3, -0.25) is 19.6 Å². The highest BCUT2D eigenvalue weighted by atomic mass is 35.5. The number of fused-ring (bicyclic) bond motifs is 1. The Morgan fingerprint density at radius 1 is 0.959 bits per heavy atom. The molecule has 0 aliphatic carbocycles. The van der Waals surface area contributed by atoms with E-state index in [1.807, 2.05) is 48.2 Å². The number of carbonyl (C=O) groups excluding carboxylic acids is 3. The molecule has 49 heavy (non-hydrogen) atoms. The van der Waals surface area contributed by atoms with Crippen LogP contribution in [0.4, 0.5) is 11.4 Å². The third kappa shape index (κ3) is 9.13.